The lowest BCUT2D eigenvalue weighted by Gasteiger charge is -2.34. The van der Waals surface area contributed by atoms with E-state index < -0.39 is 225 Å². The van der Waals surface area contributed by atoms with Crippen LogP contribution in [0.15, 0.2) is 113 Å². The van der Waals surface area contributed by atoms with Crippen LogP contribution < -0.4 is 25.1 Å². The molecule has 9 aromatic rings. The summed E-state index contributed by atoms with van der Waals surface area (Å²) in [6.07, 6.45) is -11.6. The summed E-state index contributed by atoms with van der Waals surface area (Å²) in [5.41, 5.74) is -5.88. The number of fused-ring (bicyclic) bond motifs is 5. The molecule has 92 heavy (non-hydrogen) atoms. The maximum Gasteiger partial charge on any atom is 0.338 e. The molecular formula is C64H46O28. The van der Waals surface area contributed by atoms with Gasteiger partial charge in [0.05, 0.1) is 27.5 Å². The van der Waals surface area contributed by atoms with Crippen molar-refractivity contribution in [2.75, 3.05) is 0 Å². The second-order valence-corrected chi connectivity index (χ2v) is 21.7. The van der Waals surface area contributed by atoms with Crippen molar-refractivity contribution >= 4 is 39.5 Å². The number of hydrogen-bond acceptors (Lipinski definition) is 28. The van der Waals surface area contributed by atoms with Crippen LogP contribution in [0.1, 0.15) is 82.8 Å². The van der Waals surface area contributed by atoms with E-state index in [0.717, 1.165) is 84.9 Å². The van der Waals surface area contributed by atoms with Gasteiger partial charge in [-0.15, -0.1) is 0 Å². The van der Waals surface area contributed by atoms with E-state index in [4.69, 9.17) is 28.4 Å². The molecule has 470 valence electrons. The Labute approximate surface area is 512 Å². The van der Waals surface area contributed by atoms with Gasteiger partial charge in [-0.2, -0.15) is 0 Å². The van der Waals surface area contributed by atoms with E-state index in [0.29, 0.717) is 12.1 Å². The molecule has 9 aromatic carbocycles. The highest BCUT2D eigenvalue weighted by atomic mass is 16.6. The minimum absolute atomic E-state index is 0.0290. The summed E-state index contributed by atoms with van der Waals surface area (Å²) in [6, 6.07) is 15.5. The summed E-state index contributed by atoms with van der Waals surface area (Å²) in [5, 5.41) is 181. The maximum atomic E-state index is 15.0. The molecule has 0 bridgehead atoms. The molecule has 6 atom stereocenters. The molecule has 0 radical (unpaired) electrons. The summed E-state index contributed by atoms with van der Waals surface area (Å²) in [6.45, 7) is 0. The summed E-state index contributed by atoms with van der Waals surface area (Å²) in [5.74, 6) is -19.2. The largest absolute Gasteiger partial charge is 0.508 e. The van der Waals surface area contributed by atoms with Gasteiger partial charge >= 0.3 is 17.9 Å². The standard InChI is InChI=1S/C64H46O28/c65-25-10-36(69)32-18-49(59(87-46(32)13-25)21-1-2-35(68)39(72)5-21)90-62(84)22-3-28-30(16-44(77)57(82)52(28)55(80)42(75)6-22)60-50(19-33-37(70)11-26(66)14-47(33)88-60)91-63(85)23-4-29-31(17-45(78)58(83)53(29)56(81)43(76)7-23)61-51(20-34-38(71)12-27(67)15-48(34)89-61)92-64(86)24-8-40(73)54(79)41(74)9-24/h1-17,49-51,59-61,65-74,77-79,82-83H,18-20H2,(H,75,80)(H,76,81)/t49-,50-,51-,59-,60-,61-/m1/s1. The Morgan fingerprint density at radius 3 is 1.05 bits per heavy atom. The number of esters is 3. The molecule has 0 fully saturated rings. The number of phenolic OH excluding ortho intramolecular Hbond substituents is 15. The number of hydrogen-bond donors (Lipinski definition) is 17. The summed E-state index contributed by atoms with van der Waals surface area (Å²) >= 11 is 0. The van der Waals surface area contributed by atoms with Crippen molar-refractivity contribution in [3.63, 3.8) is 0 Å². The van der Waals surface area contributed by atoms with Crippen LogP contribution >= 0.6 is 0 Å². The quantitative estimate of drug-likeness (QED) is 0.0421. The van der Waals surface area contributed by atoms with Crippen LogP contribution in [0.5, 0.6) is 115 Å². The van der Waals surface area contributed by atoms with E-state index >= 15 is 4.79 Å². The van der Waals surface area contributed by atoms with Gasteiger partial charge in [-0.05, 0) is 71.4 Å². The van der Waals surface area contributed by atoms with Crippen molar-refractivity contribution in [2.24, 2.45) is 0 Å². The minimum Gasteiger partial charge on any atom is -0.508 e. The van der Waals surface area contributed by atoms with Crippen molar-refractivity contribution in [3.8, 4) is 115 Å². The Bertz CT molecular complexity index is 4810. The molecular weight excluding hydrogens is 1220 g/mol. The molecule has 0 saturated heterocycles. The third-order valence-electron chi connectivity index (χ3n) is 15.8. The predicted molar refractivity (Wildman–Crippen MR) is 310 cm³/mol. The fourth-order valence-electron chi connectivity index (χ4n) is 11.5. The molecule has 17 N–H and O–H groups in total. The number of rotatable bonds is 9. The minimum atomic E-state index is -1.91. The Balaban J connectivity index is 0.973. The highest BCUT2D eigenvalue weighted by molar-refractivity contribution is 6.01. The zero-order valence-corrected chi connectivity index (χ0v) is 46.5. The average molecular weight is 1260 g/mol. The van der Waals surface area contributed by atoms with Gasteiger partial charge in [0.25, 0.3) is 0 Å². The van der Waals surface area contributed by atoms with Gasteiger partial charge < -0.3 is 115 Å². The Kier molecular flexibility index (Phi) is 14.3. The molecule has 28 heteroatoms. The van der Waals surface area contributed by atoms with E-state index in [1.807, 2.05) is 0 Å². The lowest BCUT2D eigenvalue weighted by Crippen LogP contribution is -2.35. The van der Waals surface area contributed by atoms with Gasteiger partial charge in [0, 0.05) is 89.0 Å². The summed E-state index contributed by atoms with van der Waals surface area (Å²) in [7, 11) is 0. The molecule has 3 aliphatic heterocycles. The monoisotopic (exact) mass is 1260 g/mol. The van der Waals surface area contributed by atoms with Crippen molar-refractivity contribution < 1.29 is 130 Å². The van der Waals surface area contributed by atoms with Crippen molar-refractivity contribution in [1.29, 1.82) is 0 Å². The van der Waals surface area contributed by atoms with E-state index in [1.165, 1.54) is 6.07 Å². The van der Waals surface area contributed by atoms with Gasteiger partial charge in [-0.1, -0.05) is 6.07 Å². The number of ether oxygens (including phenoxy) is 6. The number of aromatic hydroxyl groups is 17. The fraction of sp³-hybridized carbons (Fsp3) is 0.141. The second kappa shape index (κ2) is 22.1. The first-order chi connectivity index (χ1) is 43.6. The zero-order valence-electron chi connectivity index (χ0n) is 46.5. The van der Waals surface area contributed by atoms with Gasteiger partial charge in [-0.25, -0.2) is 14.4 Å². The van der Waals surface area contributed by atoms with Gasteiger partial charge in [-0.3, -0.25) is 9.59 Å². The average Bonchev–Trinajstić information content (AvgIpc) is 1.19. The first kappa shape index (κ1) is 59.6. The van der Waals surface area contributed by atoms with E-state index in [1.54, 1.807) is 0 Å². The molecule has 0 saturated carbocycles. The molecule has 0 unspecified atom stereocenters. The molecule has 3 heterocycles. The number of carbonyl (C=O) groups excluding carboxylic acids is 3. The third kappa shape index (κ3) is 10.4. The Morgan fingerprint density at radius 2 is 0.674 bits per heavy atom. The molecule has 12 rings (SSSR count). The highest BCUT2D eigenvalue weighted by Gasteiger charge is 2.42. The Hall–Kier alpha value is -12.8. The smallest absolute Gasteiger partial charge is 0.338 e. The second-order valence-electron chi connectivity index (χ2n) is 21.7. The van der Waals surface area contributed by atoms with Crippen LogP contribution in [0.3, 0.4) is 0 Å². The molecule has 0 spiro atoms. The van der Waals surface area contributed by atoms with Crippen LogP contribution in [0.25, 0.3) is 21.5 Å². The molecule has 0 aromatic heterocycles. The van der Waals surface area contributed by atoms with Crippen molar-refractivity contribution in [2.45, 2.75) is 55.9 Å². The number of carbonyl (C=O) groups is 3. The maximum absolute atomic E-state index is 15.0. The Morgan fingerprint density at radius 1 is 0.337 bits per heavy atom. The van der Waals surface area contributed by atoms with Gasteiger partial charge in [0.1, 0.15) is 70.1 Å². The summed E-state index contributed by atoms with van der Waals surface area (Å²) in [4.78, 5) is 71.9. The first-order valence-electron chi connectivity index (χ1n) is 27.2. The normalized spacial score (nSPS) is 18.0. The summed E-state index contributed by atoms with van der Waals surface area (Å²) < 4.78 is 36.5. The van der Waals surface area contributed by atoms with Gasteiger partial charge in [0.15, 0.2) is 81.6 Å². The van der Waals surface area contributed by atoms with Gasteiger partial charge in [0.2, 0.25) is 10.9 Å². The van der Waals surface area contributed by atoms with Crippen LogP contribution in [-0.4, -0.2) is 123 Å². The van der Waals surface area contributed by atoms with Crippen LogP contribution in [-0.2, 0) is 33.5 Å². The zero-order chi connectivity index (χ0) is 65.8. The highest BCUT2D eigenvalue weighted by Crippen LogP contribution is 2.51. The molecule has 3 aliphatic rings. The van der Waals surface area contributed by atoms with E-state index in [-0.39, 0.29) is 45.9 Å². The van der Waals surface area contributed by atoms with E-state index in [9.17, 15) is 106 Å². The third-order valence-corrected chi connectivity index (χ3v) is 15.8. The number of benzene rings is 7. The van der Waals surface area contributed by atoms with Crippen LogP contribution in [0.2, 0.25) is 0 Å². The van der Waals surface area contributed by atoms with E-state index in [2.05, 4.69) is 0 Å². The molecule has 0 aliphatic carbocycles. The van der Waals surface area contributed by atoms with Crippen LogP contribution in [0, 0.1) is 0 Å². The predicted octanol–water partition coefficient (Wildman–Crippen LogP) is 6.41. The lowest BCUT2D eigenvalue weighted by atomic mass is 9.90. The molecule has 28 nitrogen and oxygen atoms in total. The topological polar surface area (TPSA) is 485 Å². The fourth-order valence-corrected chi connectivity index (χ4v) is 11.5. The number of phenols is 15. The molecule has 0 amide bonds. The first-order valence-corrected chi connectivity index (χ1v) is 27.2. The van der Waals surface area contributed by atoms with Crippen molar-refractivity contribution in [3.05, 3.63) is 174 Å². The lowest BCUT2D eigenvalue weighted by molar-refractivity contribution is -0.0190. The van der Waals surface area contributed by atoms with Crippen LogP contribution in [0.4, 0.5) is 0 Å². The SMILES string of the molecule is O=C(O[C@@H]1Cc2c(O)cc(O)cc2O[C@@H]1c1ccc(O)c(O)c1)c1cc(O)c(=O)c2c(O)c(O)cc([C@H]3Oc4cc(O)cc(O)c4C[C@H]3OC(=O)c3cc(O)c(=O)c4c(O)c(O)cc([C@H]5Oc6cc(O)cc(O)c6C[C@H]5OC(=O)c5cc(O)c(O)c(O)c5)c4c3)c2c1. The van der Waals surface area contributed by atoms with Crippen molar-refractivity contribution in [1.82, 2.24) is 0 Å².